The zero-order chi connectivity index (χ0) is 16.4. The van der Waals surface area contributed by atoms with E-state index in [-0.39, 0.29) is 11.1 Å². The summed E-state index contributed by atoms with van der Waals surface area (Å²) in [7, 11) is 0. The molecule has 5 nitrogen and oxygen atoms in total. The first-order valence-electron chi connectivity index (χ1n) is 7.74. The van der Waals surface area contributed by atoms with Gasteiger partial charge in [0.1, 0.15) is 5.56 Å². The minimum absolute atomic E-state index is 0.0854. The van der Waals surface area contributed by atoms with Crippen molar-refractivity contribution in [1.29, 1.82) is 0 Å². The molecule has 0 radical (unpaired) electrons. The molecule has 1 atom stereocenters. The number of carbonyl (C=O) groups excluding carboxylic acids is 1. The molecule has 1 aliphatic heterocycles. The molecule has 3 rings (SSSR count). The van der Waals surface area contributed by atoms with Crippen LogP contribution in [-0.2, 0) is 6.54 Å². The molecule has 6 heteroatoms. The van der Waals surface area contributed by atoms with Crippen LogP contribution in [0.5, 0.6) is 0 Å². The predicted molar refractivity (Wildman–Crippen MR) is 92.3 cm³/mol. The molecule has 0 bridgehead atoms. The van der Waals surface area contributed by atoms with Gasteiger partial charge in [-0.2, -0.15) is 0 Å². The zero-order valence-corrected chi connectivity index (χ0v) is 14.0. The summed E-state index contributed by atoms with van der Waals surface area (Å²) in [5.74, 6) is 0.901. The van der Waals surface area contributed by atoms with Crippen LogP contribution in [0.15, 0.2) is 40.4 Å². The normalized spacial score (nSPS) is 14.3. The van der Waals surface area contributed by atoms with E-state index in [0.29, 0.717) is 23.3 Å². The van der Waals surface area contributed by atoms with E-state index in [4.69, 9.17) is 0 Å². The summed E-state index contributed by atoms with van der Waals surface area (Å²) in [6.07, 6.45) is 2.44. The Labute approximate surface area is 139 Å². The van der Waals surface area contributed by atoms with Crippen LogP contribution in [-0.4, -0.2) is 21.2 Å². The monoisotopic (exact) mass is 329 g/mol. The Kier molecular flexibility index (Phi) is 4.52. The highest BCUT2D eigenvalue weighted by atomic mass is 32.2. The summed E-state index contributed by atoms with van der Waals surface area (Å²) >= 11 is 1.53. The van der Waals surface area contributed by atoms with Crippen molar-refractivity contribution < 1.29 is 4.79 Å². The maximum atomic E-state index is 12.3. The first-order chi connectivity index (χ1) is 11.1. The lowest BCUT2D eigenvalue weighted by Crippen LogP contribution is -2.29. The van der Waals surface area contributed by atoms with Crippen molar-refractivity contribution in [3.8, 4) is 0 Å². The van der Waals surface area contributed by atoms with E-state index in [1.165, 1.54) is 23.5 Å². The highest BCUT2D eigenvalue weighted by Crippen LogP contribution is 2.22. The second kappa shape index (κ2) is 6.58. The fourth-order valence-corrected chi connectivity index (χ4v) is 3.42. The lowest BCUT2D eigenvalue weighted by molar-refractivity contribution is 0.102. The molecule has 0 saturated heterocycles. The second-order valence-electron chi connectivity index (χ2n) is 5.65. The van der Waals surface area contributed by atoms with Gasteiger partial charge >= 0.3 is 0 Å². The number of hydrogen-bond acceptors (Lipinski definition) is 4. The number of hydrogen-bond donors (Lipinski definition) is 1. The van der Waals surface area contributed by atoms with Crippen LogP contribution in [0.3, 0.4) is 0 Å². The van der Waals surface area contributed by atoms with Crippen molar-refractivity contribution in [2.24, 2.45) is 0 Å². The maximum absolute atomic E-state index is 12.3. The van der Waals surface area contributed by atoms with Gasteiger partial charge in [0.2, 0.25) is 0 Å². The fourth-order valence-electron chi connectivity index (χ4n) is 2.50. The van der Waals surface area contributed by atoms with Crippen molar-refractivity contribution in [3.05, 3.63) is 51.9 Å². The maximum Gasteiger partial charge on any atom is 0.267 e. The molecule has 1 aromatic heterocycles. The van der Waals surface area contributed by atoms with E-state index in [1.807, 2.05) is 24.3 Å². The number of nitrogens with zero attached hydrogens (tertiary/aromatic N) is 2. The molecular weight excluding hydrogens is 310 g/mol. The van der Waals surface area contributed by atoms with Gasteiger partial charge in [0, 0.05) is 24.2 Å². The number of carbonyl (C=O) groups is 1. The molecule has 23 heavy (non-hydrogen) atoms. The zero-order valence-electron chi connectivity index (χ0n) is 13.2. The molecular formula is C17H19N3O2S. The van der Waals surface area contributed by atoms with Crippen LogP contribution in [0.1, 0.15) is 42.1 Å². The molecule has 1 amide bonds. The van der Waals surface area contributed by atoms with Crippen LogP contribution < -0.4 is 10.9 Å². The number of benzene rings is 1. The molecule has 2 heterocycles. The Hall–Kier alpha value is -2.08. The molecule has 0 spiro atoms. The van der Waals surface area contributed by atoms with Crippen molar-refractivity contribution in [1.82, 2.24) is 9.55 Å². The van der Waals surface area contributed by atoms with E-state index in [9.17, 15) is 9.59 Å². The van der Waals surface area contributed by atoms with E-state index < -0.39 is 5.91 Å². The summed E-state index contributed by atoms with van der Waals surface area (Å²) in [6, 6.07) is 7.75. The van der Waals surface area contributed by atoms with E-state index >= 15 is 0 Å². The van der Waals surface area contributed by atoms with Gasteiger partial charge in [-0.1, -0.05) is 37.7 Å². The summed E-state index contributed by atoms with van der Waals surface area (Å²) in [4.78, 5) is 28.9. The summed E-state index contributed by atoms with van der Waals surface area (Å²) in [5.41, 5.74) is 1.74. The Balaban J connectivity index is 1.79. The van der Waals surface area contributed by atoms with Gasteiger partial charge in [0.15, 0.2) is 5.16 Å². The van der Waals surface area contributed by atoms with Gasteiger partial charge in [0.25, 0.3) is 11.5 Å². The number of anilines is 1. The van der Waals surface area contributed by atoms with E-state index in [2.05, 4.69) is 24.1 Å². The number of thioether (sulfide) groups is 1. The van der Waals surface area contributed by atoms with Crippen LogP contribution in [0.25, 0.3) is 0 Å². The minimum Gasteiger partial charge on any atom is -0.322 e. The summed E-state index contributed by atoms with van der Waals surface area (Å²) in [5, 5.41) is 3.46. The van der Waals surface area contributed by atoms with Gasteiger partial charge in [-0.15, -0.1) is 0 Å². The molecule has 0 aliphatic carbocycles. The Morgan fingerprint density at radius 3 is 2.83 bits per heavy atom. The number of nitrogens with one attached hydrogen (secondary N) is 1. The summed E-state index contributed by atoms with van der Waals surface area (Å²) < 4.78 is 1.56. The minimum atomic E-state index is -0.411. The number of amides is 1. The van der Waals surface area contributed by atoms with Gasteiger partial charge in [-0.25, -0.2) is 4.98 Å². The molecule has 120 valence electrons. The lowest BCUT2D eigenvalue weighted by Gasteiger charge is -2.10. The smallest absolute Gasteiger partial charge is 0.267 e. The first kappa shape index (κ1) is 15.8. The van der Waals surface area contributed by atoms with Crippen LogP contribution in [0.2, 0.25) is 0 Å². The quantitative estimate of drug-likeness (QED) is 0.876. The Bertz CT molecular complexity index is 783. The average Bonchev–Trinajstić information content (AvgIpc) is 3.04. The van der Waals surface area contributed by atoms with Gasteiger partial charge in [0.05, 0.1) is 0 Å². The number of fused-ring (bicyclic) bond motifs is 1. The summed E-state index contributed by atoms with van der Waals surface area (Å²) in [6.45, 7) is 4.92. The fraction of sp³-hybridized carbons (Fsp3) is 0.353. The SMILES string of the molecule is CCC(C)c1ccc(NC(=O)c2cnc3n(c2=O)CCS3)cc1. The average molecular weight is 329 g/mol. The molecule has 2 aromatic rings. The largest absolute Gasteiger partial charge is 0.322 e. The molecule has 1 aromatic carbocycles. The van der Waals surface area contributed by atoms with Crippen molar-refractivity contribution in [2.75, 3.05) is 11.1 Å². The third-order valence-electron chi connectivity index (χ3n) is 4.15. The third-order valence-corrected chi connectivity index (χ3v) is 5.12. The highest BCUT2D eigenvalue weighted by Gasteiger charge is 2.20. The van der Waals surface area contributed by atoms with Crippen molar-refractivity contribution in [2.45, 2.75) is 37.9 Å². The van der Waals surface area contributed by atoms with Crippen LogP contribution in [0.4, 0.5) is 5.69 Å². The molecule has 0 fully saturated rings. The van der Waals surface area contributed by atoms with Gasteiger partial charge < -0.3 is 5.32 Å². The van der Waals surface area contributed by atoms with Crippen molar-refractivity contribution >= 4 is 23.4 Å². The van der Waals surface area contributed by atoms with Crippen LogP contribution in [0, 0.1) is 0 Å². The van der Waals surface area contributed by atoms with Crippen molar-refractivity contribution in [3.63, 3.8) is 0 Å². The molecule has 1 unspecified atom stereocenters. The second-order valence-corrected chi connectivity index (χ2v) is 6.71. The molecule has 1 aliphatic rings. The number of aromatic nitrogens is 2. The Morgan fingerprint density at radius 1 is 1.39 bits per heavy atom. The van der Waals surface area contributed by atoms with Gasteiger partial charge in [-0.05, 0) is 30.0 Å². The molecule has 0 saturated carbocycles. The lowest BCUT2D eigenvalue weighted by atomic mass is 9.99. The number of rotatable bonds is 4. The van der Waals surface area contributed by atoms with E-state index in [0.717, 1.165) is 12.2 Å². The third kappa shape index (κ3) is 3.17. The topological polar surface area (TPSA) is 64.0 Å². The van der Waals surface area contributed by atoms with E-state index in [1.54, 1.807) is 4.57 Å². The molecule has 1 N–H and O–H groups in total. The standard InChI is InChI=1S/C17H19N3O2S/c1-3-11(2)12-4-6-13(7-5-12)19-15(21)14-10-18-17-20(16(14)22)8-9-23-17/h4-7,10-11H,3,8-9H2,1-2H3,(H,19,21). The first-order valence-corrected chi connectivity index (χ1v) is 8.72. The highest BCUT2D eigenvalue weighted by molar-refractivity contribution is 7.99. The van der Waals surface area contributed by atoms with Gasteiger partial charge in [-0.3, -0.25) is 14.2 Å². The predicted octanol–water partition coefficient (Wildman–Crippen LogP) is 3.11. The van der Waals surface area contributed by atoms with Crippen LogP contribution >= 0.6 is 11.8 Å². The Morgan fingerprint density at radius 2 is 2.13 bits per heavy atom.